The van der Waals surface area contributed by atoms with Crippen LogP contribution in [0.4, 0.5) is 0 Å². The van der Waals surface area contributed by atoms with E-state index in [0.29, 0.717) is 0 Å². The predicted octanol–water partition coefficient (Wildman–Crippen LogP) is 2.07. The Balaban J connectivity index is 3.86. The van der Waals surface area contributed by atoms with Gasteiger partial charge in [0.15, 0.2) is 0 Å². The lowest BCUT2D eigenvalue weighted by Gasteiger charge is -1.92. The minimum absolute atomic E-state index is 0.100. The SMILES string of the molecule is C\C=C/C(C)=C\C=C\NC(=O)CS. The number of hydrogen-bond donors (Lipinski definition) is 2. The van der Waals surface area contributed by atoms with Crippen molar-refractivity contribution < 1.29 is 4.79 Å². The number of rotatable bonds is 4. The van der Waals surface area contributed by atoms with Crippen LogP contribution in [0.15, 0.2) is 36.1 Å². The average Bonchev–Trinajstić information content (AvgIpc) is 2.12. The molecule has 72 valence electrons. The van der Waals surface area contributed by atoms with E-state index in [2.05, 4.69) is 17.9 Å². The van der Waals surface area contributed by atoms with Gasteiger partial charge < -0.3 is 5.32 Å². The van der Waals surface area contributed by atoms with Crippen LogP contribution in [0.2, 0.25) is 0 Å². The summed E-state index contributed by atoms with van der Waals surface area (Å²) in [4.78, 5) is 10.7. The maximum absolute atomic E-state index is 10.7. The molecule has 0 aliphatic heterocycles. The number of carbonyl (C=O) groups is 1. The van der Waals surface area contributed by atoms with Crippen LogP contribution in [-0.2, 0) is 4.79 Å². The van der Waals surface area contributed by atoms with E-state index in [1.54, 1.807) is 12.3 Å². The van der Waals surface area contributed by atoms with Gasteiger partial charge in [-0.3, -0.25) is 4.79 Å². The van der Waals surface area contributed by atoms with E-state index in [0.717, 1.165) is 5.57 Å². The number of amides is 1. The molecule has 0 rings (SSSR count). The number of nitrogens with one attached hydrogen (secondary N) is 1. The Bertz CT molecular complexity index is 241. The fourth-order valence-electron chi connectivity index (χ4n) is 0.705. The molecule has 0 radical (unpaired) electrons. The average molecular weight is 197 g/mol. The Morgan fingerprint density at radius 1 is 1.54 bits per heavy atom. The topological polar surface area (TPSA) is 29.1 Å². The normalized spacial score (nSPS) is 12.7. The monoisotopic (exact) mass is 197 g/mol. The van der Waals surface area contributed by atoms with Crippen molar-refractivity contribution in [2.45, 2.75) is 13.8 Å². The maximum atomic E-state index is 10.7. The van der Waals surface area contributed by atoms with Crippen molar-refractivity contribution >= 4 is 18.5 Å². The number of thiol groups is 1. The zero-order chi connectivity index (χ0) is 10.1. The molecule has 1 amide bonds. The minimum Gasteiger partial charge on any atom is -0.332 e. The fourth-order valence-corrected chi connectivity index (χ4v) is 0.796. The molecular weight excluding hydrogens is 182 g/mol. The Labute approximate surface area is 84.8 Å². The van der Waals surface area contributed by atoms with E-state index in [9.17, 15) is 4.79 Å². The lowest BCUT2D eigenvalue weighted by molar-refractivity contribution is -0.117. The summed E-state index contributed by atoms with van der Waals surface area (Å²) in [6.45, 7) is 3.95. The van der Waals surface area contributed by atoms with E-state index in [4.69, 9.17) is 0 Å². The highest BCUT2D eigenvalue weighted by Gasteiger charge is 1.88. The Hall–Kier alpha value is -0.960. The first kappa shape index (κ1) is 12.0. The standard InChI is InChI=1S/C10H15NOS/c1-3-5-9(2)6-4-7-11-10(12)8-13/h3-7,13H,8H2,1-2H3,(H,11,12)/b5-3-,7-4+,9-6-. The molecule has 0 aromatic carbocycles. The van der Waals surface area contributed by atoms with E-state index >= 15 is 0 Å². The molecule has 3 heteroatoms. The third kappa shape index (κ3) is 7.40. The summed E-state index contributed by atoms with van der Waals surface area (Å²) >= 11 is 3.82. The summed E-state index contributed by atoms with van der Waals surface area (Å²) in [5.41, 5.74) is 1.14. The fraction of sp³-hybridized carbons (Fsp3) is 0.300. The molecule has 0 unspecified atom stereocenters. The Morgan fingerprint density at radius 2 is 2.23 bits per heavy atom. The summed E-state index contributed by atoms with van der Waals surface area (Å²) < 4.78 is 0. The lowest BCUT2D eigenvalue weighted by Crippen LogP contribution is -2.17. The Kier molecular flexibility index (Phi) is 7.11. The first-order valence-corrected chi connectivity index (χ1v) is 4.70. The predicted molar refractivity (Wildman–Crippen MR) is 59.7 cm³/mol. The molecule has 0 aromatic heterocycles. The second kappa shape index (κ2) is 7.68. The second-order valence-electron chi connectivity index (χ2n) is 2.50. The zero-order valence-electron chi connectivity index (χ0n) is 7.95. The highest BCUT2D eigenvalue weighted by atomic mass is 32.1. The third-order valence-electron chi connectivity index (χ3n) is 1.27. The molecule has 0 bridgehead atoms. The molecule has 13 heavy (non-hydrogen) atoms. The first-order valence-electron chi connectivity index (χ1n) is 4.07. The summed E-state index contributed by atoms with van der Waals surface area (Å²) in [7, 11) is 0. The van der Waals surface area contributed by atoms with Gasteiger partial charge in [0.05, 0.1) is 5.75 Å². The van der Waals surface area contributed by atoms with Gasteiger partial charge in [0, 0.05) is 6.20 Å². The molecule has 0 heterocycles. The van der Waals surface area contributed by atoms with Gasteiger partial charge in [0.2, 0.25) is 5.91 Å². The molecule has 0 aromatic rings. The molecule has 0 atom stereocenters. The largest absolute Gasteiger partial charge is 0.332 e. The number of allylic oxidation sites excluding steroid dienone is 5. The van der Waals surface area contributed by atoms with Crippen molar-refractivity contribution in [1.29, 1.82) is 0 Å². The van der Waals surface area contributed by atoms with Crippen LogP contribution in [0.25, 0.3) is 0 Å². The van der Waals surface area contributed by atoms with Gasteiger partial charge in [-0.1, -0.05) is 23.8 Å². The summed E-state index contributed by atoms with van der Waals surface area (Å²) in [5.74, 6) is 0.110. The first-order chi connectivity index (χ1) is 6.20. The smallest absolute Gasteiger partial charge is 0.233 e. The third-order valence-corrected chi connectivity index (χ3v) is 1.56. The van der Waals surface area contributed by atoms with Crippen molar-refractivity contribution in [3.63, 3.8) is 0 Å². The van der Waals surface area contributed by atoms with E-state index in [1.807, 2.05) is 32.1 Å². The van der Waals surface area contributed by atoms with Crippen LogP contribution < -0.4 is 5.32 Å². The quantitative estimate of drug-likeness (QED) is 0.524. The van der Waals surface area contributed by atoms with Crippen LogP contribution in [0.1, 0.15) is 13.8 Å². The summed E-state index contributed by atoms with van der Waals surface area (Å²) in [6, 6.07) is 0. The highest BCUT2D eigenvalue weighted by molar-refractivity contribution is 7.81. The molecular formula is C10H15NOS. The van der Waals surface area contributed by atoms with E-state index < -0.39 is 0 Å². The zero-order valence-corrected chi connectivity index (χ0v) is 8.84. The molecule has 1 N–H and O–H groups in total. The highest BCUT2D eigenvalue weighted by Crippen LogP contribution is 1.93. The molecule has 0 saturated carbocycles. The van der Waals surface area contributed by atoms with Gasteiger partial charge in [-0.2, -0.15) is 12.6 Å². The minimum atomic E-state index is -0.100. The van der Waals surface area contributed by atoms with E-state index in [1.165, 1.54) is 0 Å². The Morgan fingerprint density at radius 3 is 2.77 bits per heavy atom. The molecule has 0 spiro atoms. The maximum Gasteiger partial charge on any atom is 0.233 e. The summed E-state index contributed by atoms with van der Waals surface area (Å²) in [5, 5.41) is 2.57. The number of hydrogen-bond acceptors (Lipinski definition) is 2. The molecule has 0 aliphatic carbocycles. The van der Waals surface area contributed by atoms with Gasteiger partial charge in [0.1, 0.15) is 0 Å². The van der Waals surface area contributed by atoms with Crippen LogP contribution in [-0.4, -0.2) is 11.7 Å². The van der Waals surface area contributed by atoms with Crippen LogP contribution in [0.3, 0.4) is 0 Å². The number of carbonyl (C=O) groups excluding carboxylic acids is 1. The van der Waals surface area contributed by atoms with Crippen molar-refractivity contribution in [3.8, 4) is 0 Å². The molecule has 0 aliphatic rings. The molecule has 0 saturated heterocycles. The van der Waals surface area contributed by atoms with Crippen LogP contribution in [0, 0.1) is 0 Å². The van der Waals surface area contributed by atoms with Crippen LogP contribution in [0.5, 0.6) is 0 Å². The van der Waals surface area contributed by atoms with Gasteiger partial charge in [-0.25, -0.2) is 0 Å². The van der Waals surface area contributed by atoms with Crippen molar-refractivity contribution in [3.05, 3.63) is 36.1 Å². The van der Waals surface area contributed by atoms with Crippen molar-refractivity contribution in [2.24, 2.45) is 0 Å². The van der Waals surface area contributed by atoms with Gasteiger partial charge in [-0.05, 0) is 19.9 Å². The van der Waals surface area contributed by atoms with Gasteiger partial charge >= 0.3 is 0 Å². The lowest BCUT2D eigenvalue weighted by atomic mass is 10.2. The van der Waals surface area contributed by atoms with Gasteiger partial charge in [-0.15, -0.1) is 0 Å². The van der Waals surface area contributed by atoms with Crippen molar-refractivity contribution in [2.75, 3.05) is 5.75 Å². The van der Waals surface area contributed by atoms with Crippen molar-refractivity contribution in [1.82, 2.24) is 5.32 Å². The van der Waals surface area contributed by atoms with Crippen LogP contribution >= 0.6 is 12.6 Å². The second-order valence-corrected chi connectivity index (χ2v) is 2.81. The van der Waals surface area contributed by atoms with Gasteiger partial charge in [0.25, 0.3) is 0 Å². The molecule has 2 nitrogen and oxygen atoms in total. The molecule has 0 fully saturated rings. The van der Waals surface area contributed by atoms with E-state index in [-0.39, 0.29) is 11.7 Å². The summed E-state index contributed by atoms with van der Waals surface area (Å²) in [6.07, 6.45) is 9.26.